The Morgan fingerprint density at radius 2 is 1.67 bits per heavy atom. The molecule has 0 bridgehead atoms. The highest BCUT2D eigenvalue weighted by atomic mass is 16.3. The topological polar surface area (TPSA) is 40.5 Å². The Morgan fingerprint density at radius 1 is 1.07 bits per heavy atom. The van der Waals surface area contributed by atoms with Crippen molar-refractivity contribution in [3.05, 3.63) is 58.2 Å². The maximum absolute atomic E-state index is 11.6. The van der Waals surface area contributed by atoms with E-state index in [9.17, 15) is 10.2 Å². The molecule has 4 unspecified atom stereocenters. The number of phenolic OH excluding ortho intramolecular Hbond substituents is 2. The molecule has 2 N–H and O–H groups in total. The number of terminal acetylenes is 1. The van der Waals surface area contributed by atoms with Gasteiger partial charge in [0, 0.05) is 28.5 Å². The van der Waals surface area contributed by atoms with Crippen molar-refractivity contribution in [1.82, 2.24) is 0 Å². The van der Waals surface area contributed by atoms with E-state index >= 15 is 0 Å². The van der Waals surface area contributed by atoms with Crippen LogP contribution in [-0.2, 0) is 0 Å². The van der Waals surface area contributed by atoms with Gasteiger partial charge in [0.2, 0.25) is 0 Å². The molecule has 2 aliphatic carbocycles. The smallest absolute Gasteiger partial charge is 0.128 e. The number of benzene rings is 1. The average molecular weight is 405 g/mol. The van der Waals surface area contributed by atoms with Gasteiger partial charge in [0.1, 0.15) is 11.5 Å². The van der Waals surface area contributed by atoms with Crippen molar-refractivity contribution in [2.24, 2.45) is 17.8 Å². The zero-order chi connectivity index (χ0) is 22.2. The number of hydrogen-bond donors (Lipinski definition) is 2. The first-order valence-corrected chi connectivity index (χ1v) is 11.2. The first kappa shape index (κ1) is 22.3. The summed E-state index contributed by atoms with van der Waals surface area (Å²) in [6.07, 6.45) is 14.5. The summed E-state index contributed by atoms with van der Waals surface area (Å²) in [6.45, 7) is 15.0. The molecule has 3 rings (SSSR count). The molecule has 0 heterocycles. The van der Waals surface area contributed by atoms with Gasteiger partial charge in [-0.3, -0.25) is 0 Å². The predicted molar refractivity (Wildman–Crippen MR) is 126 cm³/mol. The van der Waals surface area contributed by atoms with Gasteiger partial charge >= 0.3 is 0 Å². The van der Waals surface area contributed by atoms with Gasteiger partial charge in [0.25, 0.3) is 0 Å². The minimum absolute atomic E-state index is 0.0566. The zero-order valence-electron chi connectivity index (χ0n) is 19.1. The molecule has 4 atom stereocenters. The molecule has 0 fully saturated rings. The lowest BCUT2D eigenvalue weighted by molar-refractivity contribution is 0.308. The minimum atomic E-state index is -0.0898. The Balaban J connectivity index is 2.25. The summed E-state index contributed by atoms with van der Waals surface area (Å²) >= 11 is 0. The first-order valence-electron chi connectivity index (χ1n) is 11.2. The number of hydrogen-bond acceptors (Lipinski definition) is 2. The van der Waals surface area contributed by atoms with Crippen LogP contribution in [-0.4, -0.2) is 10.2 Å². The molecular formula is C28H36O2. The lowest BCUT2D eigenvalue weighted by Gasteiger charge is -2.36. The van der Waals surface area contributed by atoms with Crippen LogP contribution < -0.4 is 0 Å². The van der Waals surface area contributed by atoms with Gasteiger partial charge < -0.3 is 10.2 Å². The van der Waals surface area contributed by atoms with E-state index in [0.29, 0.717) is 23.0 Å². The van der Waals surface area contributed by atoms with Crippen LogP contribution in [0.1, 0.15) is 88.8 Å². The molecule has 160 valence electrons. The molecule has 1 aromatic carbocycles. The Labute approximate surface area is 182 Å². The normalized spacial score (nSPS) is 26.7. The molecule has 2 nitrogen and oxygen atoms in total. The van der Waals surface area contributed by atoms with Crippen molar-refractivity contribution in [3.8, 4) is 23.8 Å². The Morgan fingerprint density at radius 3 is 2.23 bits per heavy atom. The standard InChI is InChI=1S/C28H36O2/c1-8-20-15-25(29)27(24-14-19(7)10-12-22(24)17(4)5)28(30)26(20)23-13-18(6)9-11-21(23)16(2)3/h1,13-16,21-24,29-30H,4,9-12H2,2-3,5-7H3. The van der Waals surface area contributed by atoms with Crippen LogP contribution in [0, 0.1) is 30.1 Å². The largest absolute Gasteiger partial charge is 0.507 e. The van der Waals surface area contributed by atoms with Gasteiger partial charge in [-0.15, -0.1) is 6.42 Å². The van der Waals surface area contributed by atoms with Crippen molar-refractivity contribution in [2.45, 2.75) is 72.1 Å². The van der Waals surface area contributed by atoms with Crippen molar-refractivity contribution >= 4 is 0 Å². The second kappa shape index (κ2) is 8.76. The molecule has 2 aliphatic rings. The van der Waals surface area contributed by atoms with E-state index in [1.165, 1.54) is 11.1 Å². The molecule has 0 saturated carbocycles. The third-order valence-corrected chi connectivity index (χ3v) is 7.21. The van der Waals surface area contributed by atoms with Gasteiger partial charge in [-0.05, 0) is 70.3 Å². The van der Waals surface area contributed by atoms with Crippen LogP contribution in [0.2, 0.25) is 0 Å². The second-order valence-corrected chi connectivity index (χ2v) is 9.78. The van der Waals surface area contributed by atoms with E-state index in [1.807, 2.05) is 6.92 Å². The minimum Gasteiger partial charge on any atom is -0.507 e. The Hall–Kier alpha value is -2.40. The summed E-state index contributed by atoms with van der Waals surface area (Å²) in [5.74, 6) is 4.04. The highest BCUT2D eigenvalue weighted by molar-refractivity contribution is 5.62. The van der Waals surface area contributed by atoms with E-state index in [2.05, 4.69) is 52.3 Å². The highest BCUT2D eigenvalue weighted by Gasteiger charge is 2.36. The van der Waals surface area contributed by atoms with Crippen LogP contribution in [0.5, 0.6) is 11.5 Å². The Bertz CT molecular complexity index is 938. The number of rotatable bonds is 4. The zero-order valence-corrected chi connectivity index (χ0v) is 19.1. The molecule has 0 aliphatic heterocycles. The van der Waals surface area contributed by atoms with Crippen LogP contribution in [0.4, 0.5) is 0 Å². The van der Waals surface area contributed by atoms with Crippen LogP contribution in [0.3, 0.4) is 0 Å². The van der Waals surface area contributed by atoms with Crippen molar-refractivity contribution in [2.75, 3.05) is 0 Å². The van der Waals surface area contributed by atoms with Gasteiger partial charge in [-0.1, -0.05) is 55.2 Å². The molecule has 0 aromatic heterocycles. The van der Waals surface area contributed by atoms with Crippen LogP contribution in [0.15, 0.2) is 41.5 Å². The molecule has 0 saturated heterocycles. The van der Waals surface area contributed by atoms with Crippen LogP contribution in [0.25, 0.3) is 0 Å². The molecule has 0 radical (unpaired) electrons. The fourth-order valence-electron chi connectivity index (χ4n) is 5.51. The SMILES string of the molecule is C#Cc1cc(O)c(C2C=C(C)CCC2C(=C)C)c(O)c1C1C=C(C)CCC1C(C)C. The summed E-state index contributed by atoms with van der Waals surface area (Å²) in [4.78, 5) is 0. The van der Waals surface area contributed by atoms with Gasteiger partial charge in [0.05, 0.1) is 0 Å². The number of aromatic hydroxyl groups is 2. The van der Waals surface area contributed by atoms with E-state index < -0.39 is 0 Å². The lowest BCUT2D eigenvalue weighted by atomic mass is 9.69. The van der Waals surface area contributed by atoms with E-state index in [-0.39, 0.29) is 29.3 Å². The summed E-state index contributed by atoms with van der Waals surface area (Å²) in [7, 11) is 0. The van der Waals surface area contributed by atoms with Crippen molar-refractivity contribution in [3.63, 3.8) is 0 Å². The van der Waals surface area contributed by atoms with E-state index in [4.69, 9.17) is 6.42 Å². The fourth-order valence-corrected chi connectivity index (χ4v) is 5.51. The predicted octanol–water partition coefficient (Wildman–Crippen LogP) is 7.19. The maximum atomic E-state index is 11.6. The number of allylic oxidation sites excluding steroid dienone is 5. The molecule has 1 aromatic rings. The van der Waals surface area contributed by atoms with Crippen molar-refractivity contribution < 1.29 is 10.2 Å². The summed E-state index contributed by atoms with van der Waals surface area (Å²) in [5.41, 5.74) is 5.71. The molecule has 2 heteroatoms. The second-order valence-electron chi connectivity index (χ2n) is 9.78. The summed E-state index contributed by atoms with van der Waals surface area (Å²) in [6, 6.07) is 1.69. The first-order chi connectivity index (χ1) is 14.1. The van der Waals surface area contributed by atoms with E-state index in [1.54, 1.807) is 6.07 Å². The molecule has 0 amide bonds. The third-order valence-electron chi connectivity index (χ3n) is 7.21. The van der Waals surface area contributed by atoms with Gasteiger partial charge in [0.15, 0.2) is 0 Å². The lowest BCUT2D eigenvalue weighted by Crippen LogP contribution is -2.23. The third kappa shape index (κ3) is 4.08. The summed E-state index contributed by atoms with van der Waals surface area (Å²) < 4.78 is 0. The van der Waals surface area contributed by atoms with Crippen molar-refractivity contribution in [1.29, 1.82) is 0 Å². The Kier molecular flexibility index (Phi) is 6.51. The maximum Gasteiger partial charge on any atom is 0.128 e. The fraction of sp³-hybridized carbons (Fsp3) is 0.500. The van der Waals surface area contributed by atoms with Gasteiger partial charge in [-0.2, -0.15) is 0 Å². The van der Waals surface area contributed by atoms with Crippen LogP contribution >= 0.6 is 0 Å². The molecule has 30 heavy (non-hydrogen) atoms. The number of phenols is 2. The van der Waals surface area contributed by atoms with Gasteiger partial charge in [-0.25, -0.2) is 0 Å². The van der Waals surface area contributed by atoms with E-state index in [0.717, 1.165) is 36.8 Å². The monoisotopic (exact) mass is 404 g/mol. The average Bonchev–Trinajstić information content (AvgIpc) is 2.67. The molecule has 0 spiro atoms. The molecular weight excluding hydrogens is 368 g/mol. The quantitative estimate of drug-likeness (QED) is 0.412. The summed E-state index contributed by atoms with van der Waals surface area (Å²) in [5, 5.41) is 22.6. The highest BCUT2D eigenvalue weighted by Crippen LogP contribution is 2.52.